The van der Waals surface area contributed by atoms with Crippen LogP contribution in [0.1, 0.15) is 182 Å². The molecule has 0 bridgehead atoms. The Morgan fingerprint density at radius 1 is 0.804 bits per heavy atom. The zero-order valence-corrected chi connectivity index (χ0v) is 60.5. The molecule has 3 aromatic rings. The summed E-state index contributed by atoms with van der Waals surface area (Å²) in [5, 5.41) is 13.7. The lowest BCUT2D eigenvalue weighted by Gasteiger charge is -2.39. The Labute approximate surface area is 578 Å². The number of methoxy groups -OCH3 is 2. The van der Waals surface area contributed by atoms with Gasteiger partial charge in [-0.15, -0.1) is 11.3 Å². The number of carbonyl (C=O) groups is 11. The van der Waals surface area contributed by atoms with Crippen LogP contribution in [0.25, 0.3) is 0 Å². The average molecular weight is 1370 g/mol. The van der Waals surface area contributed by atoms with Crippen molar-refractivity contribution in [1.29, 1.82) is 0 Å². The molecule has 3 heterocycles. The van der Waals surface area contributed by atoms with Gasteiger partial charge in [-0.3, -0.25) is 48.1 Å². The number of imide groups is 1. The Morgan fingerprint density at radius 2 is 1.47 bits per heavy atom. The summed E-state index contributed by atoms with van der Waals surface area (Å²) >= 11 is 1.60. The third kappa shape index (κ3) is 25.9. The van der Waals surface area contributed by atoms with Crippen LogP contribution in [0.3, 0.4) is 0 Å². The van der Waals surface area contributed by atoms with Gasteiger partial charge in [-0.2, -0.15) is 0 Å². The molecule has 0 saturated carbocycles. The third-order valence-corrected chi connectivity index (χ3v) is 19.6. The fraction of sp³-hybridized carbons (Fsp3) is 0.616. The number of benzene rings is 2. The number of likely N-dealkylation sites (N-methyl/N-ethyl adjacent to an activating group) is 1. The maximum absolute atomic E-state index is 13.8. The minimum Gasteiger partial charge on any atom is -0.445 e. The first-order valence-electron chi connectivity index (χ1n) is 34.3. The number of ketones is 3. The number of carbonyl (C=O) groups excluding carboxylic acids is 11. The third-order valence-electron chi connectivity index (χ3n) is 18.6. The Hall–Kier alpha value is -7.70. The highest BCUT2D eigenvalue weighted by Gasteiger charge is 2.41. The summed E-state index contributed by atoms with van der Waals surface area (Å²) in [6.07, 6.45) is 9.39. The number of thiazole rings is 1. The standard InChI is InChI=1S/C49H77N7O11.C24H32N2O3S/c1-12-32(6)44(33(7)66-11)55(10)46(63)37(30(2)3)28-39(58)49(8,9)54-48(65)67-29-34-19-21-36(22-20-34)52-45(62)35(17-16-25-51-47(50)64)27-38(57)43(31(4)5)53-40(59)18-14-13-15-26-56-41(60)23-24-42(56)61;1-4-22(28)26-13-8-11-20(26)23(29-3)17(2)21(27)16-19(24-25-12-14-30-24)15-18-9-6-5-7-10-18/h19-24,30-33,35,37,43-44H,12-18,25-29H2,1-11H3,(H,52,62)(H,53,59)(H,54,65)(H3,50,51,64);5-7,9-10,12,14,17,19-20,23H,4,8,11,13,15-16H2,1-3H3/t32-,33+,35+,37-,43-,44-;17-,19+,20-,23+/m00/s1. The highest BCUT2D eigenvalue weighted by molar-refractivity contribution is 7.09. The van der Waals surface area contributed by atoms with Crippen LogP contribution in [0.4, 0.5) is 15.3 Å². The first-order valence-corrected chi connectivity index (χ1v) is 35.2. The number of nitrogens with two attached hydrogens (primary N) is 1. The molecule has 1 saturated heterocycles. The smallest absolute Gasteiger partial charge is 0.408 e. The molecule has 0 spiro atoms. The van der Waals surface area contributed by atoms with Crippen molar-refractivity contribution in [3.8, 4) is 0 Å². The van der Waals surface area contributed by atoms with Gasteiger partial charge in [0.05, 0.1) is 40.9 Å². The summed E-state index contributed by atoms with van der Waals surface area (Å²) in [7, 11) is 5.02. The summed E-state index contributed by atoms with van der Waals surface area (Å²) in [5.74, 6) is -3.92. The van der Waals surface area contributed by atoms with E-state index in [4.69, 9.17) is 19.9 Å². The van der Waals surface area contributed by atoms with Gasteiger partial charge >= 0.3 is 12.1 Å². The van der Waals surface area contributed by atoms with Gasteiger partial charge in [-0.1, -0.05) is 111 Å². The minimum absolute atomic E-state index is 0.0196. The Kier molecular flexibility index (Phi) is 34.4. The highest BCUT2D eigenvalue weighted by atomic mass is 32.1. The number of alkyl carbamates (subject to hydrolysis) is 1. The van der Waals surface area contributed by atoms with Crippen LogP contribution in [0, 0.1) is 35.5 Å². The van der Waals surface area contributed by atoms with Gasteiger partial charge in [-0.25, -0.2) is 14.6 Å². The van der Waals surface area contributed by atoms with Crippen molar-refractivity contribution in [3.05, 3.63) is 94.5 Å². The van der Waals surface area contributed by atoms with E-state index < -0.39 is 41.4 Å². The summed E-state index contributed by atoms with van der Waals surface area (Å²) < 4.78 is 16.9. The second kappa shape index (κ2) is 40.9. The second-order valence-corrected chi connectivity index (χ2v) is 27.8. The number of urea groups is 1. The summed E-state index contributed by atoms with van der Waals surface area (Å²) in [5.41, 5.74) is 6.06. The van der Waals surface area contributed by atoms with E-state index in [9.17, 15) is 52.7 Å². The van der Waals surface area contributed by atoms with Gasteiger partial charge in [0, 0.05) is 126 Å². The van der Waals surface area contributed by atoms with Crippen LogP contribution in [0.5, 0.6) is 0 Å². The maximum atomic E-state index is 13.8. The predicted molar refractivity (Wildman–Crippen MR) is 374 cm³/mol. The number of nitrogens with zero attached hydrogens (tertiary/aromatic N) is 4. The van der Waals surface area contributed by atoms with E-state index in [0.29, 0.717) is 49.8 Å². The lowest BCUT2D eigenvalue weighted by atomic mass is 9.83. The highest BCUT2D eigenvalue weighted by Crippen LogP contribution is 2.33. The number of anilines is 1. The molecule has 2 aromatic carbocycles. The zero-order chi connectivity index (χ0) is 72.1. The second-order valence-electron chi connectivity index (χ2n) is 26.9. The quantitative estimate of drug-likeness (QED) is 0.0261. The van der Waals surface area contributed by atoms with Gasteiger partial charge in [-0.05, 0) is 107 Å². The number of hydrogen-bond acceptors (Lipinski definition) is 16. The molecule has 10 atom stereocenters. The van der Waals surface area contributed by atoms with Crippen LogP contribution >= 0.6 is 11.3 Å². The van der Waals surface area contributed by atoms with E-state index in [-0.39, 0.29) is 146 Å². The molecule has 23 nitrogen and oxygen atoms in total. The van der Waals surface area contributed by atoms with E-state index in [2.05, 4.69) is 52.2 Å². The molecule has 1 aromatic heterocycles. The molecule has 2 aliphatic heterocycles. The van der Waals surface area contributed by atoms with Crippen LogP contribution < -0.4 is 27.0 Å². The Balaban J connectivity index is 0.000000549. The molecule has 0 unspecified atom stereocenters. The molecule has 5 rings (SSSR count). The fourth-order valence-corrected chi connectivity index (χ4v) is 13.2. The number of hydrogen-bond donors (Lipinski definition) is 5. The maximum Gasteiger partial charge on any atom is 0.408 e. The van der Waals surface area contributed by atoms with Gasteiger partial charge in [0.25, 0.3) is 11.8 Å². The van der Waals surface area contributed by atoms with E-state index >= 15 is 0 Å². The van der Waals surface area contributed by atoms with E-state index in [1.807, 2.05) is 63.1 Å². The monoisotopic (exact) mass is 1370 g/mol. The SMILES string of the molecule is CCC(=O)N1CCC[C@H]1[C@H](OC)[C@@H](C)C(=O)C[C@@H](Cc1ccccc1)c1nccs1.CC[C@H](C)[C@@H]([C@@H](C)OC)N(C)C(=O)[C@@H](CC(=O)C(C)(C)NC(=O)OCc1ccc(NC(=O)[C@H](CCCNC(N)=O)CC(=O)[C@@H](NC(=O)CCCCCN2C(=O)C=CC2=O)C(C)C)cc1)C(C)C. The Bertz CT molecular complexity index is 3060. The number of ether oxygens (including phenoxy) is 3. The first kappa shape index (κ1) is 81.7. The largest absolute Gasteiger partial charge is 0.445 e. The van der Waals surface area contributed by atoms with Crippen LogP contribution in [0.2, 0.25) is 0 Å². The topological polar surface area (TPSA) is 312 Å². The fourth-order valence-electron chi connectivity index (χ4n) is 12.5. The Morgan fingerprint density at radius 3 is 2.05 bits per heavy atom. The van der Waals surface area contributed by atoms with Crippen molar-refractivity contribution in [2.24, 2.45) is 41.2 Å². The average Bonchev–Trinajstić information content (AvgIpc) is 1.61. The van der Waals surface area contributed by atoms with Gasteiger partial charge in [0.15, 0.2) is 11.6 Å². The molecular formula is C73H109N9O14S. The molecular weight excluding hydrogens is 1260 g/mol. The lowest BCUT2D eigenvalue weighted by molar-refractivity contribution is -0.145. The molecule has 24 heteroatoms. The molecule has 6 N–H and O–H groups in total. The molecule has 9 amide bonds. The summed E-state index contributed by atoms with van der Waals surface area (Å²) in [4.78, 5) is 150. The molecule has 0 aliphatic carbocycles. The number of primary amides is 1. The lowest BCUT2D eigenvalue weighted by Crippen LogP contribution is -2.53. The van der Waals surface area contributed by atoms with Crippen LogP contribution in [-0.4, -0.2) is 161 Å². The summed E-state index contributed by atoms with van der Waals surface area (Å²) in [6.45, 7) is 21.5. The number of nitrogens with one attached hydrogen (secondary N) is 4. The van der Waals surface area contributed by atoms with E-state index in [0.717, 1.165) is 42.1 Å². The predicted octanol–water partition coefficient (Wildman–Crippen LogP) is 9.90. The van der Waals surface area contributed by atoms with Crippen molar-refractivity contribution in [3.63, 3.8) is 0 Å². The van der Waals surface area contributed by atoms with Crippen LogP contribution in [-0.2, 0) is 70.4 Å². The van der Waals surface area contributed by atoms with Crippen molar-refractivity contribution >= 4 is 81.9 Å². The molecule has 97 heavy (non-hydrogen) atoms. The minimum atomic E-state index is -1.35. The van der Waals surface area contributed by atoms with Crippen molar-refractivity contribution < 1.29 is 67.0 Å². The summed E-state index contributed by atoms with van der Waals surface area (Å²) in [6, 6.07) is 15.0. The number of unbranched alkanes of at least 4 members (excludes halogenated alkanes) is 2. The van der Waals surface area contributed by atoms with E-state index in [1.165, 1.54) is 17.7 Å². The number of aromatic nitrogens is 1. The molecule has 536 valence electrons. The zero-order valence-electron chi connectivity index (χ0n) is 59.7. The number of likely N-dealkylation sites (tertiary alicyclic amines) is 1. The van der Waals surface area contributed by atoms with Crippen molar-refractivity contribution in [2.45, 2.75) is 214 Å². The normalized spacial score (nSPS) is 16.6. The molecule has 1 fully saturated rings. The van der Waals surface area contributed by atoms with Crippen LogP contribution in [0.15, 0.2) is 78.3 Å². The van der Waals surface area contributed by atoms with Crippen molar-refractivity contribution in [2.75, 3.05) is 46.2 Å². The van der Waals surface area contributed by atoms with Gasteiger partial charge in [0.1, 0.15) is 12.4 Å². The number of rotatable bonds is 40. The van der Waals surface area contributed by atoms with Crippen molar-refractivity contribution in [1.82, 2.24) is 35.6 Å². The van der Waals surface area contributed by atoms with Gasteiger partial charge < -0.3 is 51.0 Å². The van der Waals surface area contributed by atoms with E-state index in [1.54, 1.807) is 95.7 Å². The number of Topliss-reactive ketones (excluding diaryl/α,β-unsaturated/α-hetero) is 3. The molecule has 0 radical (unpaired) electrons. The first-order chi connectivity index (χ1) is 46.0. The van der Waals surface area contributed by atoms with Gasteiger partial charge in [0.2, 0.25) is 23.6 Å². The number of amides is 9. The molecule has 2 aliphatic rings.